The van der Waals surface area contributed by atoms with Crippen LogP contribution in [0.1, 0.15) is 78.5 Å². The van der Waals surface area contributed by atoms with Gasteiger partial charge in [-0.2, -0.15) is 0 Å². The Labute approximate surface area is 359 Å². The minimum Gasteiger partial charge on any atom is -0.497 e. The molecule has 1 spiro atoms. The van der Waals surface area contributed by atoms with Crippen LogP contribution in [0.5, 0.6) is 11.5 Å². The van der Waals surface area contributed by atoms with E-state index in [9.17, 15) is 0 Å². The summed E-state index contributed by atoms with van der Waals surface area (Å²) in [6.07, 6.45) is 10.8. The predicted molar refractivity (Wildman–Crippen MR) is 251 cm³/mol. The first-order valence-electron chi connectivity index (χ1n) is 21.3. The topological polar surface area (TPSA) is 53.7 Å². The molecule has 3 aliphatic rings. The number of nitrogens with two attached hydrogens (primary N) is 1. The highest BCUT2D eigenvalue weighted by Crippen LogP contribution is 2.65. The first-order chi connectivity index (χ1) is 29.4. The largest absolute Gasteiger partial charge is 0.497 e. The van der Waals surface area contributed by atoms with Gasteiger partial charge in [-0.1, -0.05) is 133 Å². The molecule has 1 fully saturated rings. The second kappa shape index (κ2) is 16.4. The maximum absolute atomic E-state index is 7.68. The molecule has 1 heterocycles. The molecule has 1 unspecified atom stereocenters. The van der Waals surface area contributed by atoms with Gasteiger partial charge in [0.1, 0.15) is 11.5 Å². The molecule has 302 valence electrons. The monoisotopic (exact) mass is 807 g/mol. The number of fused-ring (bicyclic) bond motifs is 10. The zero-order valence-electron chi connectivity index (χ0n) is 35.0. The Balaban J connectivity index is 0.000000875. The van der Waals surface area contributed by atoms with Gasteiger partial charge in [-0.15, -0.1) is 11.8 Å². The third-order valence-electron chi connectivity index (χ3n) is 13.3. The van der Waals surface area contributed by atoms with E-state index in [-0.39, 0.29) is 10.8 Å². The number of ether oxygens (including phenoxy) is 3. The fraction of sp³-hybridized carbons (Fsp3) is 0.236. The van der Waals surface area contributed by atoms with E-state index in [1.807, 2.05) is 26.0 Å². The summed E-state index contributed by atoms with van der Waals surface area (Å²) < 4.78 is 18.1. The average molecular weight is 808 g/mol. The van der Waals surface area contributed by atoms with Gasteiger partial charge in [0.2, 0.25) is 0 Å². The lowest BCUT2D eigenvalue weighted by atomic mass is 9.56. The SMILES string of the molecule is CCOCC.COc1ccc(C2(c3ccccc3)C=Cc3c4c(c5cc(N)c(SC)cc5c3O2)-c2ccccc2C42CCC(c3ccccc3)(c3ccccc3)CC2)cc1. The van der Waals surface area contributed by atoms with E-state index in [0.29, 0.717) is 0 Å². The lowest BCUT2D eigenvalue weighted by molar-refractivity contribution is 0.162. The van der Waals surface area contributed by atoms with Gasteiger partial charge in [0.05, 0.1) is 7.11 Å². The molecular formula is C55H53NO3S. The molecule has 10 rings (SSSR count). The van der Waals surface area contributed by atoms with Gasteiger partial charge >= 0.3 is 0 Å². The molecule has 1 aliphatic heterocycles. The minimum atomic E-state index is -0.858. The zero-order valence-corrected chi connectivity index (χ0v) is 35.9. The fourth-order valence-corrected chi connectivity index (χ4v) is 11.0. The van der Waals surface area contributed by atoms with E-state index < -0.39 is 5.60 Å². The van der Waals surface area contributed by atoms with Crippen molar-refractivity contribution in [3.63, 3.8) is 0 Å². The van der Waals surface area contributed by atoms with Crippen LogP contribution in [0.4, 0.5) is 5.69 Å². The molecule has 5 heteroatoms. The van der Waals surface area contributed by atoms with E-state index in [1.165, 1.54) is 38.9 Å². The second-order valence-electron chi connectivity index (χ2n) is 16.1. The van der Waals surface area contributed by atoms with Crippen LogP contribution in [0, 0.1) is 0 Å². The maximum atomic E-state index is 7.68. The van der Waals surface area contributed by atoms with Gasteiger partial charge in [-0.25, -0.2) is 0 Å². The molecule has 60 heavy (non-hydrogen) atoms. The molecule has 1 saturated carbocycles. The maximum Gasteiger partial charge on any atom is 0.178 e. The van der Waals surface area contributed by atoms with Crippen LogP contribution in [0.3, 0.4) is 0 Å². The lowest BCUT2D eigenvalue weighted by Crippen LogP contribution is -2.41. The molecule has 4 nitrogen and oxygen atoms in total. The lowest BCUT2D eigenvalue weighted by Gasteiger charge is -2.48. The van der Waals surface area contributed by atoms with Gasteiger partial charge in [0.25, 0.3) is 0 Å². The van der Waals surface area contributed by atoms with Gasteiger partial charge in [-0.3, -0.25) is 0 Å². The van der Waals surface area contributed by atoms with Gasteiger partial charge in [0, 0.05) is 56.7 Å². The Bertz CT molecular complexity index is 2610. The molecule has 0 amide bonds. The van der Waals surface area contributed by atoms with Gasteiger partial charge < -0.3 is 19.9 Å². The third kappa shape index (κ3) is 6.42. The quantitative estimate of drug-likeness (QED) is 0.122. The van der Waals surface area contributed by atoms with Crippen molar-refractivity contribution < 1.29 is 14.2 Å². The highest BCUT2D eigenvalue weighted by atomic mass is 32.2. The Morgan fingerprint density at radius 1 is 0.633 bits per heavy atom. The summed E-state index contributed by atoms with van der Waals surface area (Å²) in [5.41, 5.74) is 18.1. The van der Waals surface area contributed by atoms with Crippen molar-refractivity contribution in [2.75, 3.05) is 32.3 Å². The van der Waals surface area contributed by atoms with Crippen molar-refractivity contribution >= 4 is 34.3 Å². The first kappa shape index (κ1) is 39.7. The van der Waals surface area contributed by atoms with Crippen LogP contribution in [-0.2, 0) is 21.2 Å². The molecule has 1 atom stereocenters. The molecular weight excluding hydrogens is 755 g/mol. The second-order valence-corrected chi connectivity index (χ2v) is 17.0. The van der Waals surface area contributed by atoms with Crippen molar-refractivity contribution in [1.82, 2.24) is 0 Å². The highest BCUT2D eigenvalue weighted by molar-refractivity contribution is 7.98. The van der Waals surface area contributed by atoms with Crippen molar-refractivity contribution in [3.8, 4) is 22.6 Å². The van der Waals surface area contributed by atoms with Crippen LogP contribution in [-0.4, -0.2) is 26.6 Å². The third-order valence-corrected chi connectivity index (χ3v) is 14.1. The van der Waals surface area contributed by atoms with Crippen molar-refractivity contribution in [3.05, 3.63) is 197 Å². The van der Waals surface area contributed by atoms with Crippen LogP contribution < -0.4 is 15.2 Å². The summed E-state index contributed by atoms with van der Waals surface area (Å²) in [6.45, 7) is 5.67. The molecule has 0 aromatic heterocycles. The van der Waals surface area contributed by atoms with Crippen molar-refractivity contribution in [2.24, 2.45) is 0 Å². The Hall–Kier alpha value is -5.75. The molecule has 7 aromatic carbocycles. The summed E-state index contributed by atoms with van der Waals surface area (Å²) in [7, 11) is 1.71. The van der Waals surface area contributed by atoms with Gasteiger partial charge in [0.15, 0.2) is 5.60 Å². The predicted octanol–water partition coefficient (Wildman–Crippen LogP) is 13.4. The van der Waals surface area contributed by atoms with Crippen molar-refractivity contribution in [1.29, 1.82) is 0 Å². The summed E-state index contributed by atoms with van der Waals surface area (Å²) >= 11 is 1.68. The molecule has 2 aliphatic carbocycles. The van der Waals surface area contributed by atoms with Gasteiger partial charge in [-0.05, 0) is 115 Å². The highest BCUT2D eigenvalue weighted by Gasteiger charge is 2.53. The fourth-order valence-electron chi connectivity index (χ4n) is 10.5. The van der Waals surface area contributed by atoms with Crippen LogP contribution in [0.15, 0.2) is 163 Å². The van der Waals surface area contributed by atoms with Crippen LogP contribution in [0.25, 0.3) is 28.0 Å². The number of nitrogen functional groups attached to an aromatic ring is 1. The molecule has 2 N–H and O–H groups in total. The van der Waals surface area contributed by atoms with Crippen molar-refractivity contribution in [2.45, 2.75) is 60.9 Å². The zero-order chi connectivity index (χ0) is 41.3. The van der Waals surface area contributed by atoms with E-state index in [4.69, 9.17) is 19.9 Å². The number of thioether (sulfide) groups is 1. The molecule has 0 radical (unpaired) electrons. The van der Waals surface area contributed by atoms with E-state index in [1.54, 1.807) is 18.9 Å². The molecule has 0 bridgehead atoms. The number of rotatable bonds is 8. The van der Waals surface area contributed by atoms with Crippen LogP contribution in [0.2, 0.25) is 0 Å². The summed E-state index contributed by atoms with van der Waals surface area (Å²) in [5.74, 6) is 1.73. The average Bonchev–Trinajstić information content (AvgIpc) is 3.60. The Morgan fingerprint density at radius 2 is 1.18 bits per heavy atom. The number of benzene rings is 7. The van der Waals surface area contributed by atoms with Crippen LogP contribution >= 0.6 is 11.8 Å². The summed E-state index contributed by atoms with van der Waals surface area (Å²) in [5, 5.41) is 2.25. The normalized spacial score (nSPS) is 17.8. The molecule has 0 saturated heterocycles. The smallest absolute Gasteiger partial charge is 0.178 e. The molecule has 7 aromatic rings. The number of hydrogen-bond donors (Lipinski definition) is 1. The summed E-state index contributed by atoms with van der Waals surface area (Å²) in [4.78, 5) is 1.05. The number of methoxy groups -OCH3 is 1. The summed E-state index contributed by atoms with van der Waals surface area (Å²) in [6, 6.07) is 55.0. The number of hydrogen-bond acceptors (Lipinski definition) is 5. The first-order valence-corrected chi connectivity index (χ1v) is 22.5. The Morgan fingerprint density at radius 3 is 1.75 bits per heavy atom. The minimum absolute atomic E-state index is 0.0801. The van der Waals surface area contributed by atoms with E-state index in [0.717, 1.165) is 82.9 Å². The standard InChI is InChI=1S/C51H43NO2S.C4H10O/c1-53-38-24-22-37(23-25-38)51(36-18-10-5-11-19-36)27-26-40-47-46(41-32-44(52)45(55-2)33-42(41)48(40)54-51)39-20-12-13-21-43(39)50(47)30-28-49(29-31-50,34-14-6-3-7-15-34)35-16-8-4-9-17-35;1-3-5-4-2/h3-27,32-33H,28-31,52H2,1-2H3;3-4H2,1-2H3. The number of anilines is 1. The van der Waals surface area contributed by atoms with E-state index >= 15 is 0 Å². The Kier molecular flexibility index (Phi) is 10.8. The van der Waals surface area contributed by atoms with E-state index in [2.05, 4.69) is 158 Å².